The van der Waals surface area contributed by atoms with Crippen molar-refractivity contribution < 1.29 is 14.7 Å². The Balaban J connectivity index is 2.44. The number of carboxylic acids is 1. The minimum absolute atomic E-state index is 0.202. The van der Waals surface area contributed by atoms with Crippen molar-refractivity contribution >= 4 is 29.2 Å². The number of fused-ring (bicyclic) bond motifs is 1. The molecule has 1 aromatic rings. The zero-order valence-corrected chi connectivity index (χ0v) is 9.36. The van der Waals surface area contributed by atoms with Gasteiger partial charge in [0.2, 0.25) is 5.91 Å². The summed E-state index contributed by atoms with van der Waals surface area (Å²) in [5.41, 5.74) is 1.43. The van der Waals surface area contributed by atoms with Crippen LogP contribution in [0.1, 0.15) is 12.5 Å². The number of amides is 1. The molecule has 1 amide bonds. The average molecular weight is 240 g/mol. The van der Waals surface area contributed by atoms with Gasteiger partial charge in [0.15, 0.2) is 0 Å². The number of carboxylic acid groups (broad SMARTS) is 1. The van der Waals surface area contributed by atoms with Gasteiger partial charge in [-0.05, 0) is 30.7 Å². The normalized spacial score (nSPS) is 16.1. The van der Waals surface area contributed by atoms with Gasteiger partial charge in [-0.15, -0.1) is 0 Å². The van der Waals surface area contributed by atoms with E-state index < -0.39 is 12.0 Å². The largest absolute Gasteiger partial charge is 0.480 e. The third-order valence-corrected chi connectivity index (χ3v) is 2.89. The molecule has 0 aliphatic carbocycles. The molecule has 0 saturated carbocycles. The number of benzene rings is 1. The maximum atomic E-state index is 11.7. The van der Waals surface area contributed by atoms with Gasteiger partial charge in [0.1, 0.15) is 6.04 Å². The molecule has 0 radical (unpaired) electrons. The molecule has 0 bridgehead atoms. The standard InChI is InChI=1S/C11H10ClNO3/c1-6(11(15)16)13-9-3-2-8(12)4-7(9)5-10(13)14/h2-4,6H,5H2,1H3,(H,15,16)/t6-/m0/s1. The van der Waals surface area contributed by atoms with Crippen LogP contribution < -0.4 is 4.90 Å². The Morgan fingerprint density at radius 1 is 1.56 bits per heavy atom. The van der Waals surface area contributed by atoms with Crippen LogP contribution in [-0.4, -0.2) is 23.0 Å². The zero-order chi connectivity index (χ0) is 11.9. The van der Waals surface area contributed by atoms with Crippen LogP contribution in [0.25, 0.3) is 0 Å². The second kappa shape index (κ2) is 3.79. The van der Waals surface area contributed by atoms with Crippen molar-refractivity contribution in [3.05, 3.63) is 28.8 Å². The van der Waals surface area contributed by atoms with E-state index in [2.05, 4.69) is 0 Å². The van der Waals surface area contributed by atoms with Gasteiger partial charge in [-0.2, -0.15) is 0 Å². The van der Waals surface area contributed by atoms with Crippen LogP contribution in [0.5, 0.6) is 0 Å². The highest BCUT2D eigenvalue weighted by atomic mass is 35.5. The predicted molar refractivity (Wildman–Crippen MR) is 59.7 cm³/mol. The smallest absolute Gasteiger partial charge is 0.326 e. The lowest BCUT2D eigenvalue weighted by atomic mass is 10.1. The highest BCUT2D eigenvalue weighted by molar-refractivity contribution is 6.31. The van der Waals surface area contributed by atoms with E-state index in [1.54, 1.807) is 18.2 Å². The first-order valence-electron chi connectivity index (χ1n) is 4.84. The average Bonchev–Trinajstić information content (AvgIpc) is 2.51. The molecule has 1 aliphatic rings. The van der Waals surface area contributed by atoms with Crippen LogP contribution in [0.2, 0.25) is 5.02 Å². The van der Waals surface area contributed by atoms with Crippen molar-refractivity contribution in [3.8, 4) is 0 Å². The van der Waals surface area contributed by atoms with Crippen molar-refractivity contribution in [2.24, 2.45) is 0 Å². The zero-order valence-electron chi connectivity index (χ0n) is 8.61. The van der Waals surface area contributed by atoms with Gasteiger partial charge in [0.05, 0.1) is 6.42 Å². The maximum absolute atomic E-state index is 11.7. The highest BCUT2D eigenvalue weighted by Crippen LogP contribution is 2.32. The molecule has 1 heterocycles. The molecular formula is C11H10ClNO3. The molecule has 84 valence electrons. The van der Waals surface area contributed by atoms with E-state index in [4.69, 9.17) is 16.7 Å². The van der Waals surface area contributed by atoms with Crippen LogP contribution in [0.15, 0.2) is 18.2 Å². The van der Waals surface area contributed by atoms with E-state index in [1.807, 2.05) is 0 Å². The number of carbonyl (C=O) groups is 2. The quantitative estimate of drug-likeness (QED) is 0.855. The SMILES string of the molecule is C[C@@H](C(=O)O)N1C(=O)Cc2cc(Cl)ccc21. The molecule has 1 atom stereocenters. The fourth-order valence-electron chi connectivity index (χ4n) is 1.85. The fraction of sp³-hybridized carbons (Fsp3) is 0.273. The van der Waals surface area contributed by atoms with E-state index in [0.717, 1.165) is 5.56 Å². The van der Waals surface area contributed by atoms with E-state index >= 15 is 0 Å². The fourth-order valence-corrected chi connectivity index (χ4v) is 2.04. The summed E-state index contributed by atoms with van der Waals surface area (Å²) in [7, 11) is 0. The number of halogens is 1. The van der Waals surface area contributed by atoms with Crippen molar-refractivity contribution in [1.29, 1.82) is 0 Å². The lowest BCUT2D eigenvalue weighted by Crippen LogP contribution is -2.41. The van der Waals surface area contributed by atoms with Gasteiger partial charge in [0, 0.05) is 10.7 Å². The summed E-state index contributed by atoms with van der Waals surface area (Å²) in [6.07, 6.45) is 0.216. The summed E-state index contributed by atoms with van der Waals surface area (Å²) in [4.78, 5) is 23.9. The van der Waals surface area contributed by atoms with Gasteiger partial charge in [-0.1, -0.05) is 11.6 Å². The Labute approximate surface area is 97.4 Å². The summed E-state index contributed by atoms with van der Waals surface area (Å²) >= 11 is 5.81. The molecule has 1 aliphatic heterocycles. The van der Waals surface area contributed by atoms with Gasteiger partial charge in [-0.25, -0.2) is 4.79 Å². The van der Waals surface area contributed by atoms with Crippen molar-refractivity contribution in [3.63, 3.8) is 0 Å². The topological polar surface area (TPSA) is 57.6 Å². The highest BCUT2D eigenvalue weighted by Gasteiger charge is 2.34. The first kappa shape index (κ1) is 11.0. The van der Waals surface area contributed by atoms with Gasteiger partial charge >= 0.3 is 5.97 Å². The van der Waals surface area contributed by atoms with E-state index in [9.17, 15) is 9.59 Å². The van der Waals surface area contributed by atoms with Crippen LogP contribution in [0.3, 0.4) is 0 Å². The molecule has 2 rings (SSSR count). The van der Waals surface area contributed by atoms with Gasteiger partial charge < -0.3 is 5.11 Å². The minimum atomic E-state index is -1.02. The Morgan fingerprint density at radius 3 is 2.88 bits per heavy atom. The second-order valence-corrected chi connectivity index (χ2v) is 4.16. The first-order chi connectivity index (χ1) is 7.50. The Morgan fingerprint density at radius 2 is 2.25 bits per heavy atom. The van der Waals surface area contributed by atoms with E-state index in [0.29, 0.717) is 10.7 Å². The molecular weight excluding hydrogens is 230 g/mol. The van der Waals surface area contributed by atoms with Crippen molar-refractivity contribution in [2.75, 3.05) is 4.90 Å². The predicted octanol–water partition coefficient (Wildman–Crippen LogP) is 1.70. The molecule has 0 spiro atoms. The van der Waals surface area contributed by atoms with Gasteiger partial charge in [-0.3, -0.25) is 9.69 Å². The third-order valence-electron chi connectivity index (χ3n) is 2.66. The molecule has 5 heteroatoms. The van der Waals surface area contributed by atoms with E-state index in [-0.39, 0.29) is 12.3 Å². The third kappa shape index (κ3) is 1.65. The van der Waals surface area contributed by atoms with Crippen LogP contribution >= 0.6 is 11.6 Å². The van der Waals surface area contributed by atoms with Crippen LogP contribution in [0.4, 0.5) is 5.69 Å². The molecule has 0 unspecified atom stereocenters. The van der Waals surface area contributed by atoms with Crippen LogP contribution in [-0.2, 0) is 16.0 Å². The number of hydrogen-bond donors (Lipinski definition) is 1. The lowest BCUT2D eigenvalue weighted by molar-refractivity contribution is -0.139. The lowest BCUT2D eigenvalue weighted by Gasteiger charge is -2.21. The Kier molecular flexibility index (Phi) is 2.59. The monoisotopic (exact) mass is 239 g/mol. The van der Waals surface area contributed by atoms with Gasteiger partial charge in [0.25, 0.3) is 0 Å². The number of anilines is 1. The number of aliphatic carboxylic acids is 1. The first-order valence-corrected chi connectivity index (χ1v) is 5.22. The van der Waals surface area contributed by atoms with E-state index in [1.165, 1.54) is 11.8 Å². The van der Waals surface area contributed by atoms with Crippen molar-refractivity contribution in [2.45, 2.75) is 19.4 Å². The van der Waals surface area contributed by atoms with Crippen LogP contribution in [0, 0.1) is 0 Å². The number of hydrogen-bond acceptors (Lipinski definition) is 2. The molecule has 1 aromatic carbocycles. The molecule has 1 N–H and O–H groups in total. The molecule has 0 fully saturated rings. The molecule has 0 aromatic heterocycles. The summed E-state index contributed by atoms with van der Waals surface area (Å²) in [6, 6.07) is 4.18. The Bertz CT molecular complexity index is 472. The summed E-state index contributed by atoms with van der Waals surface area (Å²) in [5, 5.41) is 9.47. The Hall–Kier alpha value is -1.55. The van der Waals surface area contributed by atoms with Crippen molar-refractivity contribution in [1.82, 2.24) is 0 Å². The molecule has 16 heavy (non-hydrogen) atoms. The number of rotatable bonds is 2. The summed E-state index contributed by atoms with van der Waals surface area (Å²) in [5.74, 6) is -1.22. The number of carbonyl (C=O) groups excluding carboxylic acids is 1. The number of nitrogens with zero attached hydrogens (tertiary/aromatic N) is 1. The molecule has 4 nitrogen and oxygen atoms in total. The summed E-state index contributed by atoms with van der Waals surface area (Å²) in [6.45, 7) is 1.49. The maximum Gasteiger partial charge on any atom is 0.326 e. The summed E-state index contributed by atoms with van der Waals surface area (Å²) < 4.78 is 0. The second-order valence-electron chi connectivity index (χ2n) is 3.73. The molecule has 0 saturated heterocycles. The minimum Gasteiger partial charge on any atom is -0.480 e.